The van der Waals surface area contributed by atoms with Gasteiger partial charge in [0.2, 0.25) is 17.5 Å². The molecule has 36 heavy (non-hydrogen) atoms. The number of nitrogens with zero attached hydrogens (tertiary/aromatic N) is 4. The number of hydrogen-bond acceptors (Lipinski definition) is 9. The molecular weight excluding hydrogens is 500 g/mol. The van der Waals surface area contributed by atoms with Crippen LogP contribution >= 0.6 is 23.1 Å². The molecule has 0 spiro atoms. The van der Waals surface area contributed by atoms with Crippen molar-refractivity contribution in [1.82, 2.24) is 14.8 Å². The average Bonchev–Trinajstić information content (AvgIpc) is 3.41. The van der Waals surface area contributed by atoms with E-state index in [1.54, 1.807) is 72.7 Å². The van der Waals surface area contributed by atoms with Crippen LogP contribution in [-0.2, 0) is 14.3 Å². The third-order valence-electron chi connectivity index (χ3n) is 4.57. The number of thioether (sulfide) groups is 1. The minimum absolute atomic E-state index is 0.200. The first kappa shape index (κ1) is 27.9. The van der Waals surface area contributed by atoms with Crippen LogP contribution in [0.25, 0.3) is 11.4 Å². The number of amides is 1. The normalized spacial score (nSPS) is 13.8. The Morgan fingerprint density at radius 1 is 1.06 bits per heavy atom. The predicted molar refractivity (Wildman–Crippen MR) is 141 cm³/mol. The van der Waals surface area contributed by atoms with Crippen molar-refractivity contribution in [1.29, 1.82) is 0 Å². The van der Waals surface area contributed by atoms with E-state index in [0.29, 0.717) is 17.1 Å². The van der Waals surface area contributed by atoms with Crippen LogP contribution < -0.4 is 4.90 Å². The van der Waals surface area contributed by atoms with Gasteiger partial charge < -0.3 is 14.6 Å². The summed E-state index contributed by atoms with van der Waals surface area (Å²) >= 11 is 2.51. The van der Waals surface area contributed by atoms with Crippen LogP contribution in [0.2, 0.25) is 0 Å². The van der Waals surface area contributed by atoms with Crippen molar-refractivity contribution in [2.45, 2.75) is 76.5 Å². The minimum atomic E-state index is -1.52. The SMILES string of the molecule is CC(Sc1nnc(-c2ccsc2)n1C(=O)OC(C)(C)C)C(=O)N(c1ccccc1)C(O)OC(C)(C)C. The Balaban J connectivity index is 1.94. The molecule has 9 nitrogen and oxygen atoms in total. The van der Waals surface area contributed by atoms with Crippen LogP contribution in [0.15, 0.2) is 52.3 Å². The highest BCUT2D eigenvalue weighted by atomic mass is 32.2. The lowest BCUT2D eigenvalue weighted by Crippen LogP contribution is -2.48. The van der Waals surface area contributed by atoms with Gasteiger partial charge in [-0.3, -0.25) is 9.69 Å². The first-order valence-corrected chi connectivity index (χ1v) is 13.2. The van der Waals surface area contributed by atoms with E-state index >= 15 is 0 Å². The minimum Gasteiger partial charge on any atom is -0.443 e. The standard InChI is InChI=1S/C25H32N4O5S2/c1-16(20(30)28(18-11-9-8-10-12-18)22(31)33-24(2,3)4)36-21-27-26-19(17-13-14-35-15-17)29(21)23(32)34-25(5,6)7/h8-16,22,31H,1-7H3. The van der Waals surface area contributed by atoms with E-state index in [-0.39, 0.29) is 5.16 Å². The molecule has 0 aliphatic rings. The molecule has 1 aromatic carbocycles. The Labute approximate surface area is 219 Å². The maximum atomic E-state index is 13.6. The van der Waals surface area contributed by atoms with Gasteiger partial charge in [-0.1, -0.05) is 30.0 Å². The number of para-hydroxylation sites is 1. The van der Waals surface area contributed by atoms with Gasteiger partial charge in [0, 0.05) is 16.6 Å². The van der Waals surface area contributed by atoms with Crippen molar-refractivity contribution in [3.05, 3.63) is 47.2 Å². The van der Waals surface area contributed by atoms with E-state index in [0.717, 1.165) is 11.8 Å². The van der Waals surface area contributed by atoms with Crippen molar-refractivity contribution >= 4 is 40.8 Å². The summed E-state index contributed by atoms with van der Waals surface area (Å²) in [5.41, 5.74) is -0.256. The fourth-order valence-electron chi connectivity index (χ4n) is 3.12. The molecule has 0 bridgehead atoms. The number of hydrogen-bond donors (Lipinski definition) is 1. The van der Waals surface area contributed by atoms with Crippen LogP contribution in [0.1, 0.15) is 48.5 Å². The van der Waals surface area contributed by atoms with Gasteiger partial charge in [-0.15, -0.1) is 10.2 Å². The Hall–Kier alpha value is -2.73. The molecule has 0 aliphatic heterocycles. The lowest BCUT2D eigenvalue weighted by atomic mass is 10.2. The quantitative estimate of drug-likeness (QED) is 0.319. The Morgan fingerprint density at radius 2 is 1.72 bits per heavy atom. The Morgan fingerprint density at radius 3 is 2.28 bits per heavy atom. The highest BCUT2D eigenvalue weighted by Gasteiger charge is 2.34. The van der Waals surface area contributed by atoms with Crippen LogP contribution in [0.5, 0.6) is 0 Å². The molecule has 2 atom stereocenters. The van der Waals surface area contributed by atoms with Crippen molar-refractivity contribution in [3.8, 4) is 11.4 Å². The molecular formula is C25H32N4O5S2. The van der Waals surface area contributed by atoms with E-state index in [9.17, 15) is 14.7 Å². The van der Waals surface area contributed by atoms with E-state index in [2.05, 4.69) is 10.2 Å². The van der Waals surface area contributed by atoms with Gasteiger partial charge in [0.05, 0.1) is 10.9 Å². The van der Waals surface area contributed by atoms with Gasteiger partial charge in [0.1, 0.15) is 5.60 Å². The third-order valence-corrected chi connectivity index (χ3v) is 6.28. The molecule has 0 fully saturated rings. The number of rotatable bonds is 7. The van der Waals surface area contributed by atoms with Gasteiger partial charge >= 0.3 is 6.09 Å². The second-order valence-corrected chi connectivity index (χ2v) is 12.1. The first-order chi connectivity index (χ1) is 16.8. The van der Waals surface area contributed by atoms with Crippen molar-refractivity contribution in [3.63, 3.8) is 0 Å². The van der Waals surface area contributed by atoms with E-state index in [1.165, 1.54) is 20.8 Å². The Bertz CT molecular complexity index is 1170. The molecule has 11 heteroatoms. The summed E-state index contributed by atoms with van der Waals surface area (Å²) in [6.45, 7) is 12.4. The summed E-state index contributed by atoms with van der Waals surface area (Å²) in [7, 11) is 0. The zero-order chi connectivity index (χ0) is 26.7. The summed E-state index contributed by atoms with van der Waals surface area (Å²) in [6.07, 6.45) is -2.17. The molecule has 0 saturated heterocycles. The maximum absolute atomic E-state index is 13.6. The molecule has 1 N–H and O–H groups in total. The van der Waals surface area contributed by atoms with Gasteiger partial charge in [-0.25, -0.2) is 9.36 Å². The number of anilines is 1. The summed E-state index contributed by atoms with van der Waals surface area (Å²) in [4.78, 5) is 27.9. The molecule has 0 radical (unpaired) electrons. The van der Waals surface area contributed by atoms with Gasteiger partial charge in [0.25, 0.3) is 0 Å². The molecule has 3 aromatic rings. The van der Waals surface area contributed by atoms with Crippen LogP contribution in [-0.4, -0.2) is 54.7 Å². The number of thiophene rings is 1. The summed E-state index contributed by atoms with van der Waals surface area (Å²) in [5, 5.41) is 22.4. The summed E-state index contributed by atoms with van der Waals surface area (Å²) in [6, 6.07) is 10.6. The van der Waals surface area contributed by atoms with E-state index in [1.807, 2.05) is 22.9 Å². The topological polar surface area (TPSA) is 107 Å². The highest BCUT2D eigenvalue weighted by molar-refractivity contribution is 8.00. The third kappa shape index (κ3) is 7.16. The zero-order valence-corrected chi connectivity index (χ0v) is 23.1. The van der Waals surface area contributed by atoms with Gasteiger partial charge in [0.15, 0.2) is 5.82 Å². The first-order valence-electron chi connectivity index (χ1n) is 11.4. The molecule has 3 rings (SSSR count). The number of aliphatic hydroxyl groups is 1. The van der Waals surface area contributed by atoms with Gasteiger partial charge in [-0.05, 0) is 72.0 Å². The number of carbonyl (C=O) groups excluding carboxylic acids is 2. The lowest BCUT2D eigenvalue weighted by Gasteiger charge is -2.33. The number of aliphatic hydroxyl groups excluding tert-OH is 1. The monoisotopic (exact) mass is 532 g/mol. The molecule has 0 saturated carbocycles. The highest BCUT2D eigenvalue weighted by Crippen LogP contribution is 2.31. The fourth-order valence-corrected chi connectivity index (χ4v) is 4.64. The van der Waals surface area contributed by atoms with Gasteiger partial charge in [-0.2, -0.15) is 11.3 Å². The Kier molecular flexibility index (Phi) is 8.60. The predicted octanol–water partition coefficient (Wildman–Crippen LogP) is 5.39. The molecule has 194 valence electrons. The fraction of sp³-hybridized carbons (Fsp3) is 0.440. The smallest absolute Gasteiger partial charge is 0.422 e. The molecule has 2 heterocycles. The number of carbonyl (C=O) groups is 2. The number of aromatic nitrogens is 3. The van der Waals surface area contributed by atoms with Crippen LogP contribution in [0.3, 0.4) is 0 Å². The zero-order valence-electron chi connectivity index (χ0n) is 21.5. The van der Waals surface area contributed by atoms with Crippen LogP contribution in [0, 0.1) is 0 Å². The maximum Gasteiger partial charge on any atom is 0.422 e. The molecule has 2 aromatic heterocycles. The summed E-state index contributed by atoms with van der Waals surface area (Å²) < 4.78 is 12.6. The van der Waals surface area contributed by atoms with E-state index < -0.39 is 34.9 Å². The van der Waals surface area contributed by atoms with Crippen molar-refractivity contribution in [2.75, 3.05) is 4.90 Å². The van der Waals surface area contributed by atoms with Crippen molar-refractivity contribution < 1.29 is 24.2 Å². The molecule has 2 unspecified atom stereocenters. The second-order valence-electron chi connectivity index (χ2n) is 9.99. The number of benzene rings is 1. The number of ether oxygens (including phenoxy) is 2. The second kappa shape index (κ2) is 11.1. The molecule has 0 aliphatic carbocycles. The largest absolute Gasteiger partial charge is 0.443 e. The lowest BCUT2D eigenvalue weighted by molar-refractivity contribution is -0.169. The summed E-state index contributed by atoms with van der Waals surface area (Å²) in [5.74, 6) is -0.109. The van der Waals surface area contributed by atoms with Crippen LogP contribution in [0.4, 0.5) is 10.5 Å². The average molecular weight is 533 g/mol. The molecule has 1 amide bonds. The van der Waals surface area contributed by atoms with E-state index in [4.69, 9.17) is 9.47 Å². The van der Waals surface area contributed by atoms with Crippen molar-refractivity contribution in [2.24, 2.45) is 0 Å².